The molecular formula is C22H30N4O3. The predicted octanol–water partition coefficient (Wildman–Crippen LogP) is 4.57. The van der Waals surface area contributed by atoms with Gasteiger partial charge in [0.25, 0.3) is 0 Å². The Morgan fingerprint density at radius 3 is 2.41 bits per heavy atom. The molecule has 1 amide bonds. The van der Waals surface area contributed by atoms with Crippen LogP contribution in [0.1, 0.15) is 52.2 Å². The fraction of sp³-hybridized carbons (Fsp3) is 0.500. The van der Waals surface area contributed by atoms with Gasteiger partial charge in [-0.1, -0.05) is 32.9 Å². The first-order valence-electron chi connectivity index (χ1n) is 9.91. The average Bonchev–Trinajstić information content (AvgIpc) is 2.95. The van der Waals surface area contributed by atoms with Crippen LogP contribution in [0.5, 0.6) is 0 Å². The number of ether oxygens (including phenoxy) is 1. The Bertz CT molecular complexity index is 842. The molecule has 1 aromatic carbocycles. The summed E-state index contributed by atoms with van der Waals surface area (Å²) in [5.41, 5.74) is 2.40. The maximum absolute atomic E-state index is 11.6. The van der Waals surface area contributed by atoms with Crippen LogP contribution in [0.2, 0.25) is 0 Å². The highest BCUT2D eigenvalue weighted by molar-refractivity contribution is 5.66. The van der Waals surface area contributed by atoms with E-state index < -0.39 is 11.8 Å². The van der Waals surface area contributed by atoms with Crippen LogP contribution in [0.4, 0.5) is 16.4 Å². The van der Waals surface area contributed by atoms with Crippen LogP contribution in [0.15, 0.2) is 36.7 Å². The summed E-state index contributed by atoms with van der Waals surface area (Å²) in [5.74, 6) is 0.563. The van der Waals surface area contributed by atoms with E-state index >= 15 is 0 Å². The number of hydrogen-bond donors (Lipinski definition) is 2. The first-order valence-corrected chi connectivity index (χ1v) is 9.91. The van der Waals surface area contributed by atoms with Crippen molar-refractivity contribution in [2.75, 3.05) is 11.9 Å². The second-order valence-electron chi connectivity index (χ2n) is 8.97. The number of anilines is 2. The molecule has 1 atom stereocenters. The van der Waals surface area contributed by atoms with Gasteiger partial charge in [0.15, 0.2) is 0 Å². The lowest BCUT2D eigenvalue weighted by atomic mass is 9.89. The second kappa shape index (κ2) is 7.99. The lowest BCUT2D eigenvalue weighted by Gasteiger charge is -2.30. The standard InChI is InChI=1S/C22H30N4O3/c1-21(2,3)16-12-23-19(24-13-16)25-17-9-6-15(7-10-17)8-11-18-14-29-22(4,5)26(18)20(27)28/h6-7,9-10,12-13,18H,8,11,14H2,1-5H3,(H,27,28)(H,23,24,25)/t18-/m0/s1. The molecule has 1 aliphatic rings. The van der Waals surface area contributed by atoms with Crippen molar-refractivity contribution in [3.05, 3.63) is 47.8 Å². The van der Waals surface area contributed by atoms with E-state index in [9.17, 15) is 9.90 Å². The van der Waals surface area contributed by atoms with Gasteiger partial charge in [0.1, 0.15) is 5.72 Å². The number of rotatable bonds is 5. The van der Waals surface area contributed by atoms with Crippen LogP contribution in [-0.2, 0) is 16.6 Å². The maximum Gasteiger partial charge on any atom is 0.409 e. The third-order valence-corrected chi connectivity index (χ3v) is 5.27. The molecule has 156 valence electrons. The van der Waals surface area contributed by atoms with Gasteiger partial charge in [-0.15, -0.1) is 0 Å². The molecule has 2 N–H and O–H groups in total. The van der Waals surface area contributed by atoms with Crippen molar-refractivity contribution >= 4 is 17.7 Å². The number of nitrogens with zero attached hydrogens (tertiary/aromatic N) is 3. The van der Waals surface area contributed by atoms with Crippen molar-refractivity contribution in [3.8, 4) is 0 Å². The minimum atomic E-state index is -0.936. The second-order valence-corrected chi connectivity index (χ2v) is 8.97. The summed E-state index contributed by atoms with van der Waals surface area (Å²) in [5, 5.41) is 12.7. The Kier molecular flexibility index (Phi) is 5.80. The molecule has 2 aromatic rings. The summed E-state index contributed by atoms with van der Waals surface area (Å²) >= 11 is 0. The van der Waals surface area contributed by atoms with E-state index in [4.69, 9.17) is 4.74 Å². The zero-order valence-corrected chi connectivity index (χ0v) is 17.8. The Labute approximate surface area is 172 Å². The molecule has 1 aromatic heterocycles. The van der Waals surface area contributed by atoms with E-state index in [2.05, 4.69) is 36.1 Å². The Morgan fingerprint density at radius 1 is 1.24 bits per heavy atom. The summed E-state index contributed by atoms with van der Waals surface area (Å²) in [7, 11) is 0. The van der Waals surface area contributed by atoms with Crippen LogP contribution in [0, 0.1) is 0 Å². The van der Waals surface area contributed by atoms with Gasteiger partial charge in [0.05, 0.1) is 12.6 Å². The van der Waals surface area contributed by atoms with Gasteiger partial charge in [0.2, 0.25) is 5.95 Å². The van der Waals surface area contributed by atoms with E-state index in [0.717, 1.165) is 29.7 Å². The normalized spacial score (nSPS) is 18.7. The molecule has 1 fully saturated rings. The molecule has 1 aliphatic heterocycles. The van der Waals surface area contributed by atoms with Gasteiger partial charge < -0.3 is 15.2 Å². The van der Waals surface area contributed by atoms with E-state index in [1.165, 1.54) is 4.90 Å². The van der Waals surface area contributed by atoms with Crippen molar-refractivity contribution in [1.82, 2.24) is 14.9 Å². The zero-order chi connectivity index (χ0) is 21.2. The molecule has 0 spiro atoms. The first kappa shape index (κ1) is 21.0. The van der Waals surface area contributed by atoms with Gasteiger partial charge in [-0.3, -0.25) is 4.90 Å². The quantitative estimate of drug-likeness (QED) is 0.767. The number of hydrogen-bond acceptors (Lipinski definition) is 5. The number of aryl methyl sites for hydroxylation is 1. The van der Waals surface area contributed by atoms with Crippen LogP contribution < -0.4 is 5.32 Å². The monoisotopic (exact) mass is 398 g/mol. The van der Waals surface area contributed by atoms with Crippen LogP contribution >= 0.6 is 0 Å². The first-order chi connectivity index (χ1) is 13.6. The third kappa shape index (κ3) is 5.03. The number of carbonyl (C=O) groups is 1. The lowest BCUT2D eigenvalue weighted by Crippen LogP contribution is -2.47. The molecular weight excluding hydrogens is 368 g/mol. The number of carboxylic acid groups (broad SMARTS) is 1. The highest BCUT2D eigenvalue weighted by Crippen LogP contribution is 2.30. The summed E-state index contributed by atoms with van der Waals surface area (Å²) in [6, 6.07) is 7.92. The Morgan fingerprint density at radius 2 is 1.86 bits per heavy atom. The zero-order valence-electron chi connectivity index (χ0n) is 17.8. The van der Waals surface area contributed by atoms with Crippen molar-refractivity contribution in [1.29, 1.82) is 0 Å². The topological polar surface area (TPSA) is 87.6 Å². The van der Waals surface area contributed by atoms with Gasteiger partial charge in [-0.2, -0.15) is 0 Å². The summed E-state index contributed by atoms with van der Waals surface area (Å²) in [4.78, 5) is 21.8. The van der Waals surface area contributed by atoms with E-state index in [-0.39, 0.29) is 11.5 Å². The molecule has 7 heteroatoms. The molecule has 0 aliphatic carbocycles. The summed E-state index contributed by atoms with van der Waals surface area (Å²) < 4.78 is 5.65. The smallest absolute Gasteiger partial charge is 0.409 e. The predicted molar refractivity (Wildman–Crippen MR) is 112 cm³/mol. The molecule has 0 bridgehead atoms. The van der Waals surface area contributed by atoms with Crippen molar-refractivity contribution in [2.24, 2.45) is 0 Å². The van der Waals surface area contributed by atoms with Crippen molar-refractivity contribution in [3.63, 3.8) is 0 Å². The van der Waals surface area contributed by atoms with Gasteiger partial charge in [-0.25, -0.2) is 14.8 Å². The van der Waals surface area contributed by atoms with Crippen LogP contribution in [-0.4, -0.2) is 44.4 Å². The van der Waals surface area contributed by atoms with Crippen molar-refractivity contribution in [2.45, 2.75) is 64.6 Å². The van der Waals surface area contributed by atoms with Gasteiger partial charge in [-0.05, 0) is 55.4 Å². The molecule has 2 heterocycles. The average molecular weight is 399 g/mol. The molecule has 0 radical (unpaired) electrons. The SMILES string of the molecule is CC(C)(C)c1cnc(Nc2ccc(CC[C@H]3COC(C)(C)N3C(=O)O)cc2)nc1. The minimum absolute atomic E-state index is 0.0238. The molecule has 1 saturated heterocycles. The highest BCUT2D eigenvalue weighted by atomic mass is 16.5. The summed E-state index contributed by atoms with van der Waals surface area (Å²) in [6.07, 6.45) is 4.27. The molecule has 0 unspecified atom stereocenters. The molecule has 0 saturated carbocycles. The fourth-order valence-electron chi connectivity index (χ4n) is 3.48. The largest absolute Gasteiger partial charge is 0.465 e. The third-order valence-electron chi connectivity index (χ3n) is 5.27. The number of amides is 1. The molecule has 29 heavy (non-hydrogen) atoms. The van der Waals surface area contributed by atoms with Crippen molar-refractivity contribution < 1.29 is 14.6 Å². The minimum Gasteiger partial charge on any atom is -0.465 e. The van der Waals surface area contributed by atoms with Gasteiger partial charge >= 0.3 is 6.09 Å². The van der Waals surface area contributed by atoms with E-state index in [1.54, 1.807) is 13.8 Å². The fourth-order valence-corrected chi connectivity index (χ4v) is 3.48. The molecule has 7 nitrogen and oxygen atoms in total. The van der Waals surface area contributed by atoms with Gasteiger partial charge in [0, 0.05) is 18.1 Å². The summed E-state index contributed by atoms with van der Waals surface area (Å²) in [6.45, 7) is 10.4. The van der Waals surface area contributed by atoms with E-state index in [1.807, 2.05) is 36.7 Å². The number of benzene rings is 1. The molecule has 3 rings (SSSR count). The highest BCUT2D eigenvalue weighted by Gasteiger charge is 2.43. The van der Waals surface area contributed by atoms with Crippen LogP contribution in [0.25, 0.3) is 0 Å². The Hall–Kier alpha value is -2.67. The number of aromatic nitrogens is 2. The van der Waals surface area contributed by atoms with Crippen LogP contribution in [0.3, 0.4) is 0 Å². The number of nitrogens with one attached hydrogen (secondary N) is 1. The Balaban J connectivity index is 1.57. The maximum atomic E-state index is 11.6. The lowest BCUT2D eigenvalue weighted by molar-refractivity contribution is -0.0421. The van der Waals surface area contributed by atoms with E-state index in [0.29, 0.717) is 12.6 Å².